The summed E-state index contributed by atoms with van der Waals surface area (Å²) in [7, 11) is 1.58. The standard InChI is InChI=1S/C23H29N3O5/c1-29-13-11-24-23(28)17-7-9-18(10-8-17)25-15-22(27)26-19-4-2-5-20(14-19)31-16-21-6-3-12-30-21/h2,4-5,7-10,14,21,25H,3,6,11-13,15-16H2,1H3,(H,24,28)(H,26,27). The van der Waals surface area contributed by atoms with E-state index in [1.807, 2.05) is 18.2 Å². The van der Waals surface area contributed by atoms with Crippen LogP contribution in [-0.2, 0) is 14.3 Å². The Balaban J connectivity index is 1.42. The molecule has 2 amide bonds. The lowest BCUT2D eigenvalue weighted by atomic mass is 10.2. The average molecular weight is 428 g/mol. The predicted molar refractivity (Wildman–Crippen MR) is 119 cm³/mol. The maximum absolute atomic E-state index is 12.3. The molecule has 0 spiro atoms. The van der Waals surface area contributed by atoms with Crippen molar-refractivity contribution in [2.24, 2.45) is 0 Å². The number of anilines is 2. The maximum atomic E-state index is 12.3. The molecular weight excluding hydrogens is 398 g/mol. The molecule has 2 aromatic carbocycles. The normalized spacial score (nSPS) is 15.3. The third-order valence-electron chi connectivity index (χ3n) is 4.77. The third kappa shape index (κ3) is 7.58. The zero-order chi connectivity index (χ0) is 21.9. The van der Waals surface area contributed by atoms with Crippen LogP contribution in [0.3, 0.4) is 0 Å². The monoisotopic (exact) mass is 427 g/mol. The molecule has 1 heterocycles. The number of rotatable bonds is 11. The van der Waals surface area contributed by atoms with Gasteiger partial charge < -0.3 is 30.2 Å². The molecule has 8 heteroatoms. The highest BCUT2D eigenvalue weighted by Crippen LogP contribution is 2.19. The van der Waals surface area contributed by atoms with Crippen LogP contribution in [0.5, 0.6) is 5.75 Å². The summed E-state index contributed by atoms with van der Waals surface area (Å²) < 4.78 is 16.2. The molecule has 0 bridgehead atoms. The van der Waals surface area contributed by atoms with Crippen molar-refractivity contribution in [2.75, 3.05) is 50.7 Å². The molecular formula is C23H29N3O5. The lowest BCUT2D eigenvalue weighted by Gasteiger charge is -2.13. The highest BCUT2D eigenvalue weighted by atomic mass is 16.5. The largest absolute Gasteiger partial charge is 0.491 e. The highest BCUT2D eigenvalue weighted by Gasteiger charge is 2.16. The van der Waals surface area contributed by atoms with Gasteiger partial charge in [-0.15, -0.1) is 0 Å². The molecule has 1 aliphatic rings. The molecule has 0 aliphatic carbocycles. The Labute approximate surface area is 182 Å². The second kappa shape index (κ2) is 11.9. The lowest BCUT2D eigenvalue weighted by molar-refractivity contribution is -0.114. The van der Waals surface area contributed by atoms with Gasteiger partial charge in [-0.1, -0.05) is 6.07 Å². The molecule has 0 aromatic heterocycles. The van der Waals surface area contributed by atoms with Crippen LogP contribution in [0.25, 0.3) is 0 Å². The number of methoxy groups -OCH3 is 1. The first-order valence-electron chi connectivity index (χ1n) is 10.4. The summed E-state index contributed by atoms with van der Waals surface area (Å²) in [6.45, 7) is 2.32. The van der Waals surface area contributed by atoms with Gasteiger partial charge in [-0.05, 0) is 49.2 Å². The fourth-order valence-electron chi connectivity index (χ4n) is 3.12. The minimum absolute atomic E-state index is 0.0976. The van der Waals surface area contributed by atoms with Crippen LogP contribution in [0, 0.1) is 0 Å². The van der Waals surface area contributed by atoms with Crippen LogP contribution in [0.2, 0.25) is 0 Å². The van der Waals surface area contributed by atoms with Crippen LogP contribution >= 0.6 is 0 Å². The zero-order valence-electron chi connectivity index (χ0n) is 17.7. The van der Waals surface area contributed by atoms with E-state index >= 15 is 0 Å². The number of hydrogen-bond donors (Lipinski definition) is 3. The Morgan fingerprint density at radius 3 is 2.71 bits per heavy atom. The van der Waals surface area contributed by atoms with Crippen molar-refractivity contribution >= 4 is 23.2 Å². The van der Waals surface area contributed by atoms with Gasteiger partial charge in [-0.2, -0.15) is 0 Å². The SMILES string of the molecule is COCCNC(=O)c1ccc(NCC(=O)Nc2cccc(OCC3CCCO3)c2)cc1. The summed E-state index contributed by atoms with van der Waals surface area (Å²) in [6.07, 6.45) is 2.23. The number of amides is 2. The van der Waals surface area contributed by atoms with Crippen molar-refractivity contribution in [3.63, 3.8) is 0 Å². The van der Waals surface area contributed by atoms with Gasteiger partial charge >= 0.3 is 0 Å². The van der Waals surface area contributed by atoms with Crippen molar-refractivity contribution in [1.29, 1.82) is 0 Å². The number of hydrogen-bond acceptors (Lipinski definition) is 6. The van der Waals surface area contributed by atoms with Gasteiger partial charge in [0.2, 0.25) is 5.91 Å². The Hall–Kier alpha value is -3.10. The van der Waals surface area contributed by atoms with Gasteiger partial charge in [0.15, 0.2) is 0 Å². The van der Waals surface area contributed by atoms with Crippen molar-refractivity contribution in [2.45, 2.75) is 18.9 Å². The fraction of sp³-hybridized carbons (Fsp3) is 0.391. The van der Waals surface area contributed by atoms with Crippen molar-refractivity contribution in [1.82, 2.24) is 5.32 Å². The summed E-state index contributed by atoms with van der Waals surface area (Å²) in [5, 5.41) is 8.66. The topological polar surface area (TPSA) is 97.9 Å². The molecule has 1 unspecified atom stereocenters. The molecule has 3 rings (SSSR count). The van der Waals surface area contributed by atoms with E-state index < -0.39 is 0 Å². The first-order chi connectivity index (χ1) is 15.1. The van der Waals surface area contributed by atoms with Crippen LogP contribution in [-0.4, -0.2) is 57.9 Å². The number of benzene rings is 2. The number of carbonyl (C=O) groups excluding carboxylic acids is 2. The Morgan fingerprint density at radius 2 is 1.97 bits per heavy atom. The van der Waals surface area contributed by atoms with Crippen LogP contribution in [0.1, 0.15) is 23.2 Å². The summed E-state index contributed by atoms with van der Waals surface area (Å²) in [5.41, 5.74) is 1.96. The molecule has 166 valence electrons. The van der Waals surface area contributed by atoms with E-state index in [-0.39, 0.29) is 24.5 Å². The predicted octanol–water partition coefficient (Wildman–Crippen LogP) is 2.67. The molecule has 1 aliphatic heterocycles. The Kier molecular flexibility index (Phi) is 8.69. The average Bonchev–Trinajstić information content (AvgIpc) is 3.31. The molecule has 0 saturated carbocycles. The first-order valence-corrected chi connectivity index (χ1v) is 10.4. The lowest BCUT2D eigenvalue weighted by Crippen LogP contribution is -2.26. The molecule has 2 aromatic rings. The summed E-state index contributed by atoms with van der Waals surface area (Å²) >= 11 is 0. The van der Waals surface area contributed by atoms with Gasteiger partial charge in [0.1, 0.15) is 12.4 Å². The Bertz CT molecular complexity index is 851. The second-order valence-electron chi connectivity index (χ2n) is 7.20. The van der Waals surface area contributed by atoms with Crippen molar-refractivity contribution in [3.05, 3.63) is 54.1 Å². The number of ether oxygens (including phenoxy) is 3. The van der Waals surface area contributed by atoms with Gasteiger partial charge in [-0.3, -0.25) is 9.59 Å². The Morgan fingerprint density at radius 1 is 1.13 bits per heavy atom. The number of carbonyl (C=O) groups is 2. The van der Waals surface area contributed by atoms with E-state index in [4.69, 9.17) is 14.2 Å². The van der Waals surface area contributed by atoms with E-state index in [0.29, 0.717) is 36.8 Å². The minimum atomic E-state index is -0.183. The van der Waals surface area contributed by atoms with Crippen LogP contribution < -0.4 is 20.7 Å². The molecule has 1 atom stereocenters. The third-order valence-corrected chi connectivity index (χ3v) is 4.77. The van der Waals surface area contributed by atoms with E-state index in [0.717, 1.165) is 25.1 Å². The minimum Gasteiger partial charge on any atom is -0.491 e. The second-order valence-corrected chi connectivity index (χ2v) is 7.20. The molecule has 3 N–H and O–H groups in total. The van der Waals surface area contributed by atoms with Crippen molar-refractivity contribution in [3.8, 4) is 5.75 Å². The van der Waals surface area contributed by atoms with Crippen LogP contribution in [0.15, 0.2) is 48.5 Å². The molecule has 1 saturated heterocycles. The summed E-state index contributed by atoms with van der Waals surface area (Å²) in [6, 6.07) is 14.2. The van der Waals surface area contributed by atoms with Crippen molar-refractivity contribution < 1.29 is 23.8 Å². The summed E-state index contributed by atoms with van der Waals surface area (Å²) in [4.78, 5) is 24.3. The van der Waals surface area contributed by atoms with Gasteiger partial charge in [0.25, 0.3) is 5.91 Å². The van der Waals surface area contributed by atoms with E-state index in [9.17, 15) is 9.59 Å². The van der Waals surface area contributed by atoms with Gasteiger partial charge in [0, 0.05) is 43.3 Å². The smallest absolute Gasteiger partial charge is 0.251 e. The number of nitrogens with one attached hydrogen (secondary N) is 3. The fourth-order valence-corrected chi connectivity index (χ4v) is 3.12. The van der Waals surface area contributed by atoms with Crippen LogP contribution in [0.4, 0.5) is 11.4 Å². The van der Waals surface area contributed by atoms with E-state index in [1.54, 1.807) is 37.4 Å². The van der Waals surface area contributed by atoms with E-state index in [2.05, 4.69) is 16.0 Å². The van der Waals surface area contributed by atoms with Gasteiger partial charge in [0.05, 0.1) is 19.3 Å². The molecule has 31 heavy (non-hydrogen) atoms. The summed E-state index contributed by atoms with van der Waals surface area (Å²) in [5.74, 6) is 0.348. The zero-order valence-corrected chi connectivity index (χ0v) is 17.7. The molecule has 8 nitrogen and oxygen atoms in total. The maximum Gasteiger partial charge on any atom is 0.251 e. The van der Waals surface area contributed by atoms with Gasteiger partial charge in [-0.25, -0.2) is 0 Å². The molecule has 0 radical (unpaired) electrons. The quantitative estimate of drug-likeness (QED) is 0.477. The first kappa shape index (κ1) is 22.6. The van der Waals surface area contributed by atoms with E-state index in [1.165, 1.54) is 0 Å². The highest BCUT2D eigenvalue weighted by molar-refractivity contribution is 5.95. The molecule has 1 fully saturated rings.